The Kier molecular flexibility index (Phi) is 6.05. The van der Waals surface area contributed by atoms with Crippen LogP contribution in [0.2, 0.25) is 0 Å². The highest BCUT2D eigenvalue weighted by Gasteiger charge is 2.15. The normalized spacial score (nSPS) is 10.2. The lowest BCUT2D eigenvalue weighted by Crippen LogP contribution is -2.31. The Labute approximate surface area is 147 Å². The van der Waals surface area contributed by atoms with Gasteiger partial charge in [-0.2, -0.15) is 0 Å². The van der Waals surface area contributed by atoms with Crippen molar-refractivity contribution in [3.63, 3.8) is 0 Å². The third-order valence-electron chi connectivity index (χ3n) is 3.59. The molecule has 2 aromatic rings. The Morgan fingerprint density at radius 3 is 2.20 bits per heavy atom. The highest BCUT2D eigenvalue weighted by molar-refractivity contribution is 5.93. The van der Waals surface area contributed by atoms with Crippen molar-refractivity contribution in [3.05, 3.63) is 41.9 Å². The summed E-state index contributed by atoms with van der Waals surface area (Å²) < 4.78 is 0. The van der Waals surface area contributed by atoms with Gasteiger partial charge in [0.25, 0.3) is 5.91 Å². The quantitative estimate of drug-likeness (QED) is 0.843. The largest absolute Gasteiger partial charge is 0.340 e. The molecule has 0 atom stereocenters. The molecule has 0 unspecified atom stereocenters. The summed E-state index contributed by atoms with van der Waals surface area (Å²) in [5, 5.41) is 5.87. The van der Waals surface area contributed by atoms with Gasteiger partial charge in [-0.15, -0.1) is 0 Å². The number of aromatic nitrogens is 2. The third-order valence-corrected chi connectivity index (χ3v) is 3.59. The molecule has 25 heavy (non-hydrogen) atoms. The van der Waals surface area contributed by atoms with Crippen molar-refractivity contribution in [3.8, 4) is 0 Å². The summed E-state index contributed by atoms with van der Waals surface area (Å²) in [7, 11) is 0. The summed E-state index contributed by atoms with van der Waals surface area (Å²) in [6.45, 7) is 8.35. The first kappa shape index (κ1) is 18.4. The highest BCUT2D eigenvalue weighted by atomic mass is 16.2. The molecule has 0 fully saturated rings. The molecule has 1 aromatic heterocycles. The summed E-state index contributed by atoms with van der Waals surface area (Å²) in [5.41, 5.74) is 1.89. The lowest BCUT2D eigenvalue weighted by Gasteiger charge is -2.18. The average molecular weight is 341 g/mol. The van der Waals surface area contributed by atoms with E-state index in [4.69, 9.17) is 0 Å². The van der Waals surface area contributed by atoms with Crippen LogP contribution in [-0.4, -0.2) is 39.8 Å². The molecule has 7 heteroatoms. The van der Waals surface area contributed by atoms with Gasteiger partial charge in [0.2, 0.25) is 5.91 Å². The molecule has 0 spiro atoms. The van der Waals surface area contributed by atoms with E-state index in [9.17, 15) is 9.59 Å². The number of hydrogen-bond acceptors (Lipinski definition) is 5. The molecule has 132 valence electrons. The van der Waals surface area contributed by atoms with E-state index in [0.29, 0.717) is 36.1 Å². The molecule has 1 heterocycles. The Balaban J connectivity index is 2.19. The van der Waals surface area contributed by atoms with Gasteiger partial charge in [-0.05, 0) is 45.0 Å². The van der Waals surface area contributed by atoms with Gasteiger partial charge in [0, 0.05) is 37.5 Å². The number of hydrogen-bond donors (Lipinski definition) is 2. The molecule has 0 aliphatic carbocycles. The van der Waals surface area contributed by atoms with Crippen LogP contribution in [0.25, 0.3) is 0 Å². The fourth-order valence-corrected chi connectivity index (χ4v) is 2.40. The number of benzene rings is 1. The number of carbonyl (C=O) groups is 2. The zero-order valence-electron chi connectivity index (χ0n) is 15.0. The monoisotopic (exact) mass is 341 g/mol. The zero-order valence-corrected chi connectivity index (χ0v) is 15.0. The van der Waals surface area contributed by atoms with E-state index >= 15 is 0 Å². The minimum atomic E-state index is -0.119. The first-order valence-corrected chi connectivity index (χ1v) is 8.22. The molecule has 1 aromatic carbocycles. The fraction of sp³-hybridized carbons (Fsp3) is 0.333. The molecule has 2 amide bonds. The Morgan fingerprint density at radius 1 is 1.04 bits per heavy atom. The van der Waals surface area contributed by atoms with Gasteiger partial charge in [0.15, 0.2) is 0 Å². The van der Waals surface area contributed by atoms with Crippen LogP contribution in [0, 0.1) is 6.92 Å². The lowest BCUT2D eigenvalue weighted by molar-refractivity contribution is -0.114. The van der Waals surface area contributed by atoms with Crippen LogP contribution in [0.5, 0.6) is 0 Å². The summed E-state index contributed by atoms with van der Waals surface area (Å²) in [5.74, 6) is 0.844. The van der Waals surface area contributed by atoms with Crippen LogP contribution in [0.15, 0.2) is 30.3 Å². The van der Waals surface area contributed by atoms with E-state index in [-0.39, 0.29) is 11.8 Å². The van der Waals surface area contributed by atoms with Crippen molar-refractivity contribution in [2.24, 2.45) is 0 Å². The number of aryl methyl sites for hydroxylation is 1. The molecule has 0 bridgehead atoms. The van der Waals surface area contributed by atoms with E-state index in [1.807, 2.05) is 26.0 Å². The zero-order chi connectivity index (χ0) is 18.4. The molecule has 7 nitrogen and oxygen atoms in total. The molecule has 0 aliphatic heterocycles. The predicted molar refractivity (Wildman–Crippen MR) is 98.0 cm³/mol. The molecule has 2 N–H and O–H groups in total. The van der Waals surface area contributed by atoms with Gasteiger partial charge >= 0.3 is 0 Å². The maximum Gasteiger partial charge on any atom is 0.272 e. The van der Waals surface area contributed by atoms with Gasteiger partial charge < -0.3 is 15.5 Å². The minimum Gasteiger partial charge on any atom is -0.340 e. The summed E-state index contributed by atoms with van der Waals surface area (Å²) >= 11 is 0. The number of amides is 2. The Bertz CT molecular complexity index is 755. The predicted octanol–water partition coefficient (Wildman–Crippen LogP) is 2.97. The summed E-state index contributed by atoms with van der Waals surface area (Å²) in [6, 6.07) is 8.89. The average Bonchev–Trinajstić information content (AvgIpc) is 2.56. The number of anilines is 3. The van der Waals surface area contributed by atoms with E-state index in [1.165, 1.54) is 6.92 Å². The molecule has 0 saturated carbocycles. The lowest BCUT2D eigenvalue weighted by atomic mass is 10.2. The van der Waals surface area contributed by atoms with Crippen LogP contribution < -0.4 is 10.6 Å². The number of carbonyl (C=O) groups excluding carboxylic acids is 2. The van der Waals surface area contributed by atoms with Gasteiger partial charge in [-0.1, -0.05) is 0 Å². The van der Waals surface area contributed by atoms with Crippen molar-refractivity contribution in [2.45, 2.75) is 27.7 Å². The number of rotatable bonds is 6. The van der Waals surface area contributed by atoms with Crippen LogP contribution in [-0.2, 0) is 4.79 Å². The molecule has 2 rings (SSSR count). The van der Waals surface area contributed by atoms with Gasteiger partial charge in [-0.3, -0.25) is 9.59 Å². The second kappa shape index (κ2) is 8.23. The van der Waals surface area contributed by atoms with Gasteiger partial charge in [0.05, 0.1) is 0 Å². The Hall–Kier alpha value is -2.96. The van der Waals surface area contributed by atoms with Crippen molar-refractivity contribution in [1.29, 1.82) is 0 Å². The summed E-state index contributed by atoms with van der Waals surface area (Å²) in [4.78, 5) is 33.8. The van der Waals surface area contributed by atoms with E-state index in [2.05, 4.69) is 20.6 Å². The van der Waals surface area contributed by atoms with Crippen LogP contribution >= 0.6 is 0 Å². The second-order valence-corrected chi connectivity index (χ2v) is 5.55. The van der Waals surface area contributed by atoms with E-state index in [0.717, 1.165) is 5.69 Å². The van der Waals surface area contributed by atoms with E-state index < -0.39 is 0 Å². The molecular formula is C18H23N5O2. The second-order valence-electron chi connectivity index (χ2n) is 5.55. The standard InChI is InChI=1S/C18H23N5O2/c1-5-23(6-2)18(25)16-11-17(20-12(3)19-16)22-15-9-7-14(8-10-15)21-13(4)24/h7-11H,5-6H2,1-4H3,(H,21,24)(H,19,20,22). The molecule has 0 saturated heterocycles. The van der Waals surface area contributed by atoms with Gasteiger partial charge in [-0.25, -0.2) is 9.97 Å². The van der Waals surface area contributed by atoms with Crippen LogP contribution in [0.4, 0.5) is 17.2 Å². The third kappa shape index (κ3) is 5.00. The van der Waals surface area contributed by atoms with E-state index in [1.54, 1.807) is 30.0 Å². The van der Waals surface area contributed by atoms with Crippen molar-refractivity contribution < 1.29 is 9.59 Å². The smallest absolute Gasteiger partial charge is 0.272 e. The van der Waals surface area contributed by atoms with Crippen LogP contribution in [0.1, 0.15) is 37.1 Å². The minimum absolute atomic E-state index is 0.112. The SMILES string of the molecule is CCN(CC)C(=O)c1cc(Nc2ccc(NC(C)=O)cc2)nc(C)n1. The van der Waals surface area contributed by atoms with Gasteiger partial charge in [0.1, 0.15) is 17.3 Å². The molecular weight excluding hydrogens is 318 g/mol. The van der Waals surface area contributed by atoms with Crippen molar-refractivity contribution in [2.75, 3.05) is 23.7 Å². The fourth-order valence-electron chi connectivity index (χ4n) is 2.40. The maximum atomic E-state index is 12.5. The topological polar surface area (TPSA) is 87.2 Å². The number of nitrogens with one attached hydrogen (secondary N) is 2. The Morgan fingerprint density at radius 2 is 1.64 bits per heavy atom. The molecule has 0 aliphatic rings. The summed E-state index contributed by atoms with van der Waals surface area (Å²) in [6.07, 6.45) is 0. The maximum absolute atomic E-state index is 12.5. The molecule has 0 radical (unpaired) electrons. The first-order chi connectivity index (χ1) is 11.9. The van der Waals surface area contributed by atoms with Crippen molar-refractivity contribution in [1.82, 2.24) is 14.9 Å². The highest BCUT2D eigenvalue weighted by Crippen LogP contribution is 2.19. The van der Waals surface area contributed by atoms with Crippen LogP contribution in [0.3, 0.4) is 0 Å². The van der Waals surface area contributed by atoms with Crippen molar-refractivity contribution >= 4 is 29.0 Å². The number of nitrogens with zero attached hydrogens (tertiary/aromatic N) is 3. The first-order valence-electron chi connectivity index (χ1n) is 8.22.